The maximum atomic E-state index is 13.2. The van der Waals surface area contributed by atoms with Crippen molar-refractivity contribution in [1.29, 1.82) is 0 Å². The van der Waals surface area contributed by atoms with Crippen molar-refractivity contribution in [1.82, 2.24) is 15.5 Å². The van der Waals surface area contributed by atoms with E-state index in [-0.39, 0.29) is 23.8 Å². The second-order valence-electron chi connectivity index (χ2n) is 9.04. The van der Waals surface area contributed by atoms with Crippen LogP contribution in [0.25, 0.3) is 0 Å². The number of nitrogens with zero attached hydrogens (tertiary/aromatic N) is 1. The van der Waals surface area contributed by atoms with Gasteiger partial charge in [-0.1, -0.05) is 52.0 Å². The maximum absolute atomic E-state index is 13.2. The minimum absolute atomic E-state index is 0.00645. The molecule has 31 heavy (non-hydrogen) atoms. The van der Waals surface area contributed by atoms with Crippen LogP contribution >= 0.6 is 0 Å². The fraction of sp³-hybridized carbons (Fsp3) is 0.625. The fourth-order valence-corrected chi connectivity index (χ4v) is 3.93. The first kappa shape index (κ1) is 24.7. The number of amides is 3. The Kier molecular flexibility index (Phi) is 9.34. The van der Waals surface area contributed by atoms with Crippen molar-refractivity contribution < 1.29 is 19.1 Å². The number of alkyl carbamates (subject to hydrolysis) is 1. The van der Waals surface area contributed by atoms with Crippen LogP contribution in [0.1, 0.15) is 58.6 Å². The number of hydrogen-bond acceptors (Lipinski definition) is 4. The van der Waals surface area contributed by atoms with Crippen LogP contribution in [0.5, 0.6) is 0 Å². The van der Waals surface area contributed by atoms with E-state index in [1.165, 1.54) is 0 Å². The van der Waals surface area contributed by atoms with Crippen LogP contribution in [-0.4, -0.2) is 48.0 Å². The van der Waals surface area contributed by atoms with Crippen molar-refractivity contribution in [3.8, 4) is 0 Å². The molecular weight excluding hydrogens is 394 g/mol. The Morgan fingerprint density at radius 2 is 1.77 bits per heavy atom. The Balaban J connectivity index is 2.11. The van der Waals surface area contributed by atoms with E-state index < -0.39 is 12.1 Å². The summed E-state index contributed by atoms with van der Waals surface area (Å²) < 4.78 is 4.99. The molecule has 0 aromatic heterocycles. The second kappa shape index (κ2) is 11.7. The molecule has 1 aromatic carbocycles. The first-order chi connectivity index (χ1) is 14.7. The molecule has 0 spiro atoms. The predicted molar refractivity (Wildman–Crippen MR) is 120 cm³/mol. The third-order valence-corrected chi connectivity index (χ3v) is 5.33. The highest BCUT2D eigenvalue weighted by molar-refractivity contribution is 5.88. The predicted octanol–water partition coefficient (Wildman–Crippen LogP) is 3.26. The zero-order valence-electron chi connectivity index (χ0n) is 19.4. The van der Waals surface area contributed by atoms with Crippen LogP contribution in [0.4, 0.5) is 4.79 Å². The summed E-state index contributed by atoms with van der Waals surface area (Å²) in [6, 6.07) is 7.16. The van der Waals surface area contributed by atoms with Crippen molar-refractivity contribution in [2.75, 3.05) is 13.2 Å². The number of benzene rings is 1. The highest BCUT2D eigenvalue weighted by Gasteiger charge is 2.34. The van der Waals surface area contributed by atoms with Crippen LogP contribution in [0.3, 0.4) is 0 Å². The molecule has 0 saturated heterocycles. The first-order valence-electron chi connectivity index (χ1n) is 11.3. The lowest BCUT2D eigenvalue weighted by Crippen LogP contribution is -2.54. The lowest BCUT2D eigenvalue weighted by molar-refractivity contribution is -0.142. The molecule has 1 aromatic rings. The Hall–Kier alpha value is -2.57. The van der Waals surface area contributed by atoms with E-state index in [1.54, 1.807) is 11.8 Å². The minimum Gasteiger partial charge on any atom is -0.450 e. The molecule has 2 rings (SSSR count). The van der Waals surface area contributed by atoms with Crippen LogP contribution in [0, 0.1) is 11.8 Å². The normalized spacial score (nSPS) is 16.6. The number of carbonyl (C=O) groups is 3. The van der Waals surface area contributed by atoms with Crippen LogP contribution in [0.15, 0.2) is 24.3 Å². The van der Waals surface area contributed by atoms with Gasteiger partial charge in [-0.15, -0.1) is 0 Å². The Morgan fingerprint density at radius 3 is 2.39 bits per heavy atom. The number of hydrogen-bond donors (Lipinski definition) is 2. The zero-order chi connectivity index (χ0) is 23.0. The molecular formula is C24H37N3O4. The van der Waals surface area contributed by atoms with Gasteiger partial charge in [0.15, 0.2) is 0 Å². The lowest BCUT2D eigenvalue weighted by atomic mass is 9.92. The molecule has 0 fully saturated rings. The molecule has 0 saturated carbocycles. The lowest BCUT2D eigenvalue weighted by Gasteiger charge is -2.36. The molecule has 1 aliphatic rings. The summed E-state index contributed by atoms with van der Waals surface area (Å²) in [6.07, 6.45) is 1.13. The summed E-state index contributed by atoms with van der Waals surface area (Å²) in [7, 11) is 0. The van der Waals surface area contributed by atoms with Gasteiger partial charge in [-0.05, 0) is 36.3 Å². The molecule has 1 heterocycles. The topological polar surface area (TPSA) is 87.7 Å². The smallest absolute Gasteiger partial charge is 0.407 e. The van der Waals surface area contributed by atoms with Crippen LogP contribution in [-0.2, 0) is 27.3 Å². The van der Waals surface area contributed by atoms with Gasteiger partial charge in [0.1, 0.15) is 6.04 Å². The molecule has 0 radical (unpaired) electrons. The molecule has 3 amide bonds. The van der Waals surface area contributed by atoms with Gasteiger partial charge >= 0.3 is 6.09 Å². The van der Waals surface area contributed by atoms with E-state index >= 15 is 0 Å². The van der Waals surface area contributed by atoms with Gasteiger partial charge in [-0.2, -0.15) is 0 Å². The fourth-order valence-electron chi connectivity index (χ4n) is 3.93. The summed E-state index contributed by atoms with van der Waals surface area (Å²) in [6.45, 7) is 10.9. The average molecular weight is 432 g/mol. The summed E-state index contributed by atoms with van der Waals surface area (Å²) in [4.78, 5) is 39.6. The van der Waals surface area contributed by atoms with Crippen molar-refractivity contribution in [3.05, 3.63) is 35.4 Å². The molecule has 2 atom stereocenters. The van der Waals surface area contributed by atoms with E-state index in [2.05, 4.69) is 24.5 Å². The van der Waals surface area contributed by atoms with E-state index in [1.807, 2.05) is 38.1 Å². The van der Waals surface area contributed by atoms with Crippen molar-refractivity contribution in [3.63, 3.8) is 0 Å². The molecule has 7 heteroatoms. The van der Waals surface area contributed by atoms with Gasteiger partial charge in [0.2, 0.25) is 11.8 Å². The Bertz CT molecular complexity index is 763. The highest BCUT2D eigenvalue weighted by Crippen LogP contribution is 2.25. The largest absolute Gasteiger partial charge is 0.450 e. The first-order valence-corrected chi connectivity index (χ1v) is 11.3. The highest BCUT2D eigenvalue weighted by atomic mass is 16.5. The van der Waals surface area contributed by atoms with Crippen LogP contribution in [0.2, 0.25) is 0 Å². The Morgan fingerprint density at radius 1 is 1.10 bits per heavy atom. The average Bonchev–Trinajstić information content (AvgIpc) is 2.70. The third kappa shape index (κ3) is 7.56. The number of fused-ring (bicyclic) bond motifs is 1. The second-order valence-corrected chi connectivity index (χ2v) is 9.04. The van der Waals surface area contributed by atoms with Gasteiger partial charge in [0.05, 0.1) is 6.61 Å². The van der Waals surface area contributed by atoms with Gasteiger partial charge in [-0.3, -0.25) is 9.59 Å². The van der Waals surface area contributed by atoms with Crippen LogP contribution < -0.4 is 10.6 Å². The number of ether oxygens (including phenoxy) is 1. The molecule has 2 unspecified atom stereocenters. The monoisotopic (exact) mass is 431 g/mol. The number of nitrogens with one attached hydrogen (secondary N) is 2. The number of rotatable bonds is 9. The summed E-state index contributed by atoms with van der Waals surface area (Å²) >= 11 is 0. The summed E-state index contributed by atoms with van der Waals surface area (Å²) in [5.74, 6) is 0.367. The molecule has 172 valence electrons. The molecule has 1 aliphatic heterocycles. The van der Waals surface area contributed by atoms with Gasteiger partial charge in [0, 0.05) is 32.0 Å². The van der Waals surface area contributed by atoms with Gasteiger partial charge in [0.25, 0.3) is 0 Å². The molecule has 0 aliphatic carbocycles. The molecule has 2 N–H and O–H groups in total. The van der Waals surface area contributed by atoms with E-state index in [4.69, 9.17) is 4.74 Å². The van der Waals surface area contributed by atoms with Crippen molar-refractivity contribution >= 4 is 17.9 Å². The molecule has 0 bridgehead atoms. The van der Waals surface area contributed by atoms with Gasteiger partial charge < -0.3 is 20.3 Å². The summed E-state index contributed by atoms with van der Waals surface area (Å²) in [5.41, 5.74) is 2.19. The van der Waals surface area contributed by atoms with E-state index in [0.717, 1.165) is 11.1 Å². The SMILES string of the molecule is CCOC(=O)NC(CNC(=O)C1Cc2ccccc2CN1C(=O)CC(C)C)CC(C)C. The maximum Gasteiger partial charge on any atom is 0.407 e. The third-order valence-electron chi connectivity index (χ3n) is 5.33. The van der Waals surface area contributed by atoms with Gasteiger partial charge in [-0.25, -0.2) is 4.79 Å². The van der Waals surface area contributed by atoms with Crippen molar-refractivity contribution in [2.24, 2.45) is 11.8 Å². The van der Waals surface area contributed by atoms with E-state index in [0.29, 0.717) is 44.9 Å². The minimum atomic E-state index is -0.552. The quantitative estimate of drug-likeness (QED) is 0.628. The standard InChI is InChI=1S/C24H37N3O4/c1-6-31-24(30)26-20(11-16(2)3)14-25-23(29)21-13-18-9-7-8-10-19(18)15-27(21)22(28)12-17(4)5/h7-10,16-17,20-21H,6,11-15H2,1-5H3,(H,25,29)(H,26,30). The Labute approximate surface area is 185 Å². The van der Waals surface area contributed by atoms with Crippen molar-refractivity contribution in [2.45, 2.75) is 72.5 Å². The van der Waals surface area contributed by atoms with E-state index in [9.17, 15) is 14.4 Å². The number of carbonyl (C=O) groups excluding carboxylic acids is 3. The summed E-state index contributed by atoms with van der Waals surface area (Å²) in [5, 5.41) is 5.80. The molecule has 7 nitrogen and oxygen atoms in total. The zero-order valence-corrected chi connectivity index (χ0v) is 19.4.